The van der Waals surface area contributed by atoms with Gasteiger partial charge in [0.15, 0.2) is 5.43 Å². The van der Waals surface area contributed by atoms with Crippen molar-refractivity contribution in [3.8, 4) is 0 Å². The molecule has 0 radical (unpaired) electrons. The predicted octanol–water partition coefficient (Wildman–Crippen LogP) is 1.41. The summed E-state index contributed by atoms with van der Waals surface area (Å²) in [5.41, 5.74) is 0.0584. The molecule has 1 aromatic heterocycles. The van der Waals surface area contributed by atoms with Crippen LogP contribution in [0.25, 0.3) is 0 Å². The standard InChI is InChI=1S/C6H7NO.C2H6/c1-7-4-2-6(8)3-5-7;1-2/h2-5H,1H3;1-2H3. The molecule has 0 fully saturated rings. The van der Waals surface area contributed by atoms with Crippen LogP contribution in [-0.2, 0) is 7.05 Å². The maximum absolute atomic E-state index is 10.4. The first-order valence-corrected chi connectivity index (χ1v) is 3.41. The SMILES string of the molecule is CC.Cn1ccc(=O)cc1. The molecule has 0 saturated carbocycles. The third-order valence-corrected chi connectivity index (χ3v) is 0.948. The van der Waals surface area contributed by atoms with Crippen molar-refractivity contribution in [1.29, 1.82) is 0 Å². The van der Waals surface area contributed by atoms with Gasteiger partial charge in [-0.05, 0) is 0 Å². The summed E-state index contributed by atoms with van der Waals surface area (Å²) in [7, 11) is 1.87. The lowest BCUT2D eigenvalue weighted by molar-refractivity contribution is 0.900. The minimum atomic E-state index is 0.0584. The van der Waals surface area contributed by atoms with Crippen LogP contribution >= 0.6 is 0 Å². The lowest BCUT2D eigenvalue weighted by Crippen LogP contribution is -1.98. The van der Waals surface area contributed by atoms with Crippen LogP contribution in [0.2, 0.25) is 0 Å². The van der Waals surface area contributed by atoms with Gasteiger partial charge in [0.25, 0.3) is 0 Å². The summed E-state index contributed by atoms with van der Waals surface area (Å²) >= 11 is 0. The highest BCUT2D eigenvalue weighted by atomic mass is 16.1. The molecule has 1 aromatic rings. The van der Waals surface area contributed by atoms with Crippen LogP contribution in [0.15, 0.2) is 29.3 Å². The van der Waals surface area contributed by atoms with Gasteiger partial charge in [-0.15, -0.1) is 0 Å². The van der Waals surface area contributed by atoms with E-state index in [0.29, 0.717) is 0 Å². The van der Waals surface area contributed by atoms with Gasteiger partial charge in [0.1, 0.15) is 0 Å². The summed E-state index contributed by atoms with van der Waals surface area (Å²) in [6.45, 7) is 4.00. The molecule has 0 aliphatic heterocycles. The third kappa shape index (κ3) is 3.07. The second kappa shape index (κ2) is 4.79. The van der Waals surface area contributed by atoms with Crippen molar-refractivity contribution in [1.82, 2.24) is 4.57 Å². The fourth-order valence-corrected chi connectivity index (χ4v) is 0.487. The molecule has 56 valence electrons. The maximum atomic E-state index is 10.4. The molecule has 0 unspecified atom stereocenters. The summed E-state index contributed by atoms with van der Waals surface area (Å²) in [6.07, 6.45) is 3.45. The molecule has 0 spiro atoms. The second-order valence-electron chi connectivity index (χ2n) is 1.70. The lowest BCUT2D eigenvalue weighted by atomic mass is 10.5. The first-order valence-electron chi connectivity index (χ1n) is 3.41. The van der Waals surface area contributed by atoms with Gasteiger partial charge in [-0.1, -0.05) is 13.8 Å². The van der Waals surface area contributed by atoms with E-state index in [-0.39, 0.29) is 5.43 Å². The van der Waals surface area contributed by atoms with E-state index in [0.717, 1.165) is 0 Å². The molecule has 0 amide bonds. The zero-order valence-corrected chi connectivity index (χ0v) is 6.66. The van der Waals surface area contributed by atoms with Gasteiger partial charge in [0.05, 0.1) is 0 Å². The molecule has 1 rings (SSSR count). The van der Waals surface area contributed by atoms with Crippen molar-refractivity contribution < 1.29 is 0 Å². The molecule has 2 heteroatoms. The number of hydrogen-bond donors (Lipinski definition) is 0. The van der Waals surface area contributed by atoms with E-state index in [1.165, 1.54) is 12.1 Å². The summed E-state index contributed by atoms with van der Waals surface area (Å²) < 4.78 is 1.82. The summed E-state index contributed by atoms with van der Waals surface area (Å²) in [5.74, 6) is 0. The van der Waals surface area contributed by atoms with E-state index < -0.39 is 0 Å². The number of aromatic nitrogens is 1. The monoisotopic (exact) mass is 139 g/mol. The minimum Gasteiger partial charge on any atom is -0.357 e. The van der Waals surface area contributed by atoms with Crippen LogP contribution in [0.5, 0.6) is 0 Å². The van der Waals surface area contributed by atoms with Gasteiger partial charge in [-0.2, -0.15) is 0 Å². The Morgan fingerprint density at radius 1 is 1.20 bits per heavy atom. The molecule has 0 aliphatic rings. The van der Waals surface area contributed by atoms with E-state index in [1.807, 2.05) is 25.5 Å². The quantitative estimate of drug-likeness (QED) is 0.532. The average molecular weight is 139 g/mol. The first-order chi connectivity index (χ1) is 4.79. The molecule has 0 saturated heterocycles. The maximum Gasteiger partial charge on any atom is 0.181 e. The number of rotatable bonds is 0. The first kappa shape index (κ1) is 8.95. The topological polar surface area (TPSA) is 22.0 Å². The van der Waals surface area contributed by atoms with Crippen LogP contribution in [0, 0.1) is 0 Å². The van der Waals surface area contributed by atoms with E-state index in [4.69, 9.17) is 0 Å². The molecule has 2 nitrogen and oxygen atoms in total. The van der Waals surface area contributed by atoms with E-state index in [1.54, 1.807) is 12.4 Å². The van der Waals surface area contributed by atoms with Crippen LogP contribution in [-0.4, -0.2) is 4.57 Å². The molecule has 0 N–H and O–H groups in total. The number of pyridine rings is 1. The second-order valence-corrected chi connectivity index (χ2v) is 1.70. The minimum absolute atomic E-state index is 0.0584. The highest BCUT2D eigenvalue weighted by Gasteiger charge is 1.76. The largest absolute Gasteiger partial charge is 0.357 e. The Morgan fingerprint density at radius 2 is 1.60 bits per heavy atom. The Hall–Kier alpha value is -1.05. The number of hydrogen-bond acceptors (Lipinski definition) is 1. The fourth-order valence-electron chi connectivity index (χ4n) is 0.487. The van der Waals surface area contributed by atoms with Crippen molar-refractivity contribution >= 4 is 0 Å². The van der Waals surface area contributed by atoms with Gasteiger partial charge < -0.3 is 4.57 Å². The predicted molar refractivity (Wildman–Crippen MR) is 43.0 cm³/mol. The Labute approximate surface area is 61.1 Å². The highest BCUT2D eigenvalue weighted by Crippen LogP contribution is 1.73. The van der Waals surface area contributed by atoms with E-state index >= 15 is 0 Å². The van der Waals surface area contributed by atoms with Crippen molar-refractivity contribution in [2.75, 3.05) is 0 Å². The molecular formula is C8H13NO. The molecule has 0 bridgehead atoms. The Morgan fingerprint density at radius 3 is 1.90 bits per heavy atom. The Balaban J connectivity index is 0.000000371. The fraction of sp³-hybridized carbons (Fsp3) is 0.375. The van der Waals surface area contributed by atoms with Gasteiger partial charge in [0, 0.05) is 31.6 Å². The molecule has 10 heavy (non-hydrogen) atoms. The molecule has 1 heterocycles. The van der Waals surface area contributed by atoms with Gasteiger partial charge in [-0.25, -0.2) is 0 Å². The zero-order chi connectivity index (χ0) is 7.98. The third-order valence-electron chi connectivity index (χ3n) is 0.948. The Kier molecular flexibility index (Phi) is 4.29. The Bertz CT molecular complexity index is 206. The summed E-state index contributed by atoms with van der Waals surface area (Å²) in [6, 6.07) is 3.06. The van der Waals surface area contributed by atoms with E-state index in [2.05, 4.69) is 0 Å². The van der Waals surface area contributed by atoms with Crippen LogP contribution in [0.4, 0.5) is 0 Å². The van der Waals surface area contributed by atoms with Gasteiger partial charge in [0.2, 0.25) is 0 Å². The summed E-state index contributed by atoms with van der Waals surface area (Å²) in [5, 5.41) is 0. The van der Waals surface area contributed by atoms with Gasteiger partial charge >= 0.3 is 0 Å². The zero-order valence-electron chi connectivity index (χ0n) is 6.66. The molecule has 0 aromatic carbocycles. The van der Waals surface area contributed by atoms with Crippen molar-refractivity contribution in [3.05, 3.63) is 34.7 Å². The average Bonchev–Trinajstić information content (AvgIpc) is 2.00. The lowest BCUT2D eigenvalue weighted by Gasteiger charge is -1.89. The van der Waals surface area contributed by atoms with Crippen LogP contribution in [0.1, 0.15) is 13.8 Å². The smallest absolute Gasteiger partial charge is 0.181 e. The number of nitrogens with zero attached hydrogens (tertiary/aromatic N) is 1. The van der Waals surface area contributed by atoms with Crippen LogP contribution < -0.4 is 5.43 Å². The van der Waals surface area contributed by atoms with Crippen molar-refractivity contribution in [2.45, 2.75) is 13.8 Å². The normalized spacial score (nSPS) is 7.90. The van der Waals surface area contributed by atoms with Gasteiger partial charge in [-0.3, -0.25) is 4.79 Å². The molecule has 0 atom stereocenters. The van der Waals surface area contributed by atoms with Crippen LogP contribution in [0.3, 0.4) is 0 Å². The summed E-state index contributed by atoms with van der Waals surface area (Å²) in [4.78, 5) is 10.4. The molecule has 0 aliphatic carbocycles. The van der Waals surface area contributed by atoms with Crippen molar-refractivity contribution in [2.24, 2.45) is 7.05 Å². The highest BCUT2D eigenvalue weighted by molar-refractivity contribution is 4.92. The number of aryl methyl sites for hydroxylation is 1. The van der Waals surface area contributed by atoms with Crippen molar-refractivity contribution in [3.63, 3.8) is 0 Å². The van der Waals surface area contributed by atoms with E-state index in [9.17, 15) is 4.79 Å². The molecular weight excluding hydrogens is 126 g/mol.